The van der Waals surface area contributed by atoms with E-state index in [1.165, 1.54) is 18.4 Å². The average molecular weight is 245 g/mol. The van der Waals surface area contributed by atoms with Crippen LogP contribution in [0.1, 0.15) is 24.8 Å². The second-order valence-corrected chi connectivity index (χ2v) is 5.21. The van der Waals surface area contributed by atoms with Crippen LogP contribution in [0.4, 0.5) is 0 Å². The molecule has 1 aliphatic heterocycles. The number of imidazole rings is 1. The highest BCUT2D eigenvalue weighted by Gasteiger charge is 2.15. The van der Waals surface area contributed by atoms with Crippen LogP contribution in [0.25, 0.3) is 11.0 Å². The largest absolute Gasteiger partial charge is 0.326 e. The second-order valence-electron chi connectivity index (χ2n) is 5.21. The van der Waals surface area contributed by atoms with E-state index in [1.807, 2.05) is 16.7 Å². The van der Waals surface area contributed by atoms with Crippen LogP contribution >= 0.6 is 0 Å². The van der Waals surface area contributed by atoms with Gasteiger partial charge in [-0.3, -0.25) is 4.57 Å². The molecule has 0 amide bonds. The quantitative estimate of drug-likeness (QED) is 0.847. The highest BCUT2D eigenvalue weighted by atomic mass is 16.1. The zero-order valence-corrected chi connectivity index (χ0v) is 10.7. The molecule has 1 aromatic carbocycles. The summed E-state index contributed by atoms with van der Waals surface area (Å²) in [7, 11) is 0. The molecule has 0 saturated carbocycles. The van der Waals surface area contributed by atoms with E-state index in [0.29, 0.717) is 6.04 Å². The van der Waals surface area contributed by atoms with E-state index in [4.69, 9.17) is 0 Å². The van der Waals surface area contributed by atoms with Crippen molar-refractivity contribution >= 4 is 11.0 Å². The normalized spacial score (nSPS) is 20.4. The minimum absolute atomic E-state index is 0.00275. The van der Waals surface area contributed by atoms with E-state index in [1.54, 1.807) is 0 Å². The highest BCUT2D eigenvalue weighted by molar-refractivity contribution is 5.75. The number of aromatic amines is 1. The maximum atomic E-state index is 12.0. The third-order valence-electron chi connectivity index (χ3n) is 3.75. The molecule has 1 unspecified atom stereocenters. The summed E-state index contributed by atoms with van der Waals surface area (Å²) < 4.78 is 1.87. The summed E-state index contributed by atoms with van der Waals surface area (Å²) in [6.07, 6.45) is 3.66. The van der Waals surface area contributed by atoms with Gasteiger partial charge in [-0.15, -0.1) is 0 Å². The van der Waals surface area contributed by atoms with E-state index in [9.17, 15) is 4.79 Å². The third-order valence-corrected chi connectivity index (χ3v) is 3.75. The molecule has 2 N–H and O–H groups in total. The van der Waals surface area contributed by atoms with Crippen LogP contribution < -0.4 is 11.0 Å². The van der Waals surface area contributed by atoms with Gasteiger partial charge in [0.15, 0.2) is 0 Å². The molecule has 4 nitrogen and oxygen atoms in total. The van der Waals surface area contributed by atoms with Crippen molar-refractivity contribution in [1.82, 2.24) is 14.9 Å². The van der Waals surface area contributed by atoms with Gasteiger partial charge in [0.25, 0.3) is 0 Å². The van der Waals surface area contributed by atoms with Crippen molar-refractivity contribution in [1.29, 1.82) is 0 Å². The number of nitrogens with zero attached hydrogens (tertiary/aromatic N) is 1. The van der Waals surface area contributed by atoms with Gasteiger partial charge in [-0.05, 0) is 44.0 Å². The van der Waals surface area contributed by atoms with Crippen LogP contribution in [0.3, 0.4) is 0 Å². The molecule has 1 saturated heterocycles. The van der Waals surface area contributed by atoms with E-state index < -0.39 is 0 Å². The first-order valence-electron chi connectivity index (χ1n) is 6.66. The number of aryl methyl sites for hydroxylation is 1. The lowest BCUT2D eigenvalue weighted by Crippen LogP contribution is -2.39. The molecule has 2 aromatic rings. The van der Waals surface area contributed by atoms with Crippen LogP contribution in [0, 0.1) is 6.92 Å². The van der Waals surface area contributed by atoms with Crippen molar-refractivity contribution in [3.8, 4) is 0 Å². The number of benzene rings is 1. The zero-order chi connectivity index (χ0) is 12.5. The Morgan fingerprint density at radius 3 is 3.06 bits per heavy atom. The fourth-order valence-corrected chi connectivity index (χ4v) is 2.74. The predicted octanol–water partition coefficient (Wildman–Crippen LogP) is 1.78. The third kappa shape index (κ3) is 2.08. The molecule has 3 rings (SSSR count). The first-order chi connectivity index (χ1) is 8.74. The molecule has 0 radical (unpaired) electrons. The van der Waals surface area contributed by atoms with E-state index in [0.717, 1.165) is 30.5 Å². The molecule has 1 atom stereocenters. The Balaban J connectivity index is 1.97. The van der Waals surface area contributed by atoms with Crippen molar-refractivity contribution in [2.45, 2.75) is 38.8 Å². The number of fused-ring (bicyclic) bond motifs is 1. The van der Waals surface area contributed by atoms with Crippen LogP contribution in [0.2, 0.25) is 0 Å². The van der Waals surface area contributed by atoms with Crippen molar-refractivity contribution in [2.24, 2.45) is 0 Å². The fourth-order valence-electron chi connectivity index (χ4n) is 2.74. The number of piperidine rings is 1. The van der Waals surface area contributed by atoms with Crippen molar-refractivity contribution in [3.05, 3.63) is 34.2 Å². The Labute approximate surface area is 106 Å². The Bertz CT molecular complexity index is 605. The number of H-pyrrole nitrogens is 1. The molecule has 18 heavy (non-hydrogen) atoms. The van der Waals surface area contributed by atoms with Crippen LogP contribution in [-0.4, -0.2) is 22.1 Å². The lowest BCUT2D eigenvalue weighted by atomic mass is 10.1. The molecule has 0 bridgehead atoms. The minimum Gasteiger partial charge on any atom is -0.312 e. The van der Waals surface area contributed by atoms with Gasteiger partial charge in [-0.25, -0.2) is 4.79 Å². The average Bonchev–Trinajstić information content (AvgIpc) is 2.67. The summed E-state index contributed by atoms with van der Waals surface area (Å²) in [5.74, 6) is 0. The zero-order valence-electron chi connectivity index (χ0n) is 10.7. The number of nitrogens with one attached hydrogen (secondary N) is 2. The Morgan fingerprint density at radius 2 is 2.28 bits per heavy atom. The predicted molar refractivity (Wildman–Crippen MR) is 72.9 cm³/mol. The summed E-state index contributed by atoms with van der Waals surface area (Å²) in [5.41, 5.74) is 3.14. The first kappa shape index (κ1) is 11.5. The molecule has 4 heteroatoms. The number of rotatable bonds is 2. The van der Waals surface area contributed by atoms with Crippen LogP contribution in [-0.2, 0) is 6.54 Å². The van der Waals surface area contributed by atoms with E-state index in [2.05, 4.69) is 23.3 Å². The number of aromatic nitrogens is 2. The van der Waals surface area contributed by atoms with E-state index in [-0.39, 0.29) is 5.69 Å². The van der Waals surface area contributed by atoms with Crippen molar-refractivity contribution < 1.29 is 0 Å². The molecular weight excluding hydrogens is 226 g/mol. The molecule has 0 aliphatic carbocycles. The highest BCUT2D eigenvalue weighted by Crippen LogP contribution is 2.15. The summed E-state index contributed by atoms with van der Waals surface area (Å²) in [6.45, 7) is 3.89. The maximum absolute atomic E-state index is 12.0. The molecule has 96 valence electrons. The number of hydrogen-bond donors (Lipinski definition) is 2. The van der Waals surface area contributed by atoms with Crippen LogP contribution in [0.5, 0.6) is 0 Å². The first-order valence-corrected chi connectivity index (χ1v) is 6.66. The standard InChI is InChI=1S/C14H19N3O/c1-10-5-6-12-13(8-10)17(14(18)16-12)9-11-4-2-3-7-15-11/h5-6,8,11,15H,2-4,7,9H2,1H3,(H,16,18). The summed E-state index contributed by atoms with van der Waals surface area (Å²) in [6, 6.07) is 6.52. The van der Waals surface area contributed by atoms with Gasteiger partial charge < -0.3 is 10.3 Å². The van der Waals surface area contributed by atoms with Gasteiger partial charge in [0, 0.05) is 12.6 Å². The fraction of sp³-hybridized carbons (Fsp3) is 0.500. The van der Waals surface area contributed by atoms with E-state index >= 15 is 0 Å². The van der Waals surface area contributed by atoms with Crippen molar-refractivity contribution in [3.63, 3.8) is 0 Å². The molecular formula is C14H19N3O. The molecule has 0 spiro atoms. The molecule has 2 heterocycles. The topological polar surface area (TPSA) is 49.8 Å². The monoisotopic (exact) mass is 245 g/mol. The Morgan fingerprint density at radius 1 is 1.39 bits per heavy atom. The maximum Gasteiger partial charge on any atom is 0.326 e. The molecule has 1 fully saturated rings. The lowest BCUT2D eigenvalue weighted by molar-refractivity contribution is 0.363. The Kier molecular flexibility index (Phi) is 2.96. The van der Waals surface area contributed by atoms with Gasteiger partial charge in [0.05, 0.1) is 11.0 Å². The van der Waals surface area contributed by atoms with Gasteiger partial charge >= 0.3 is 5.69 Å². The van der Waals surface area contributed by atoms with Crippen molar-refractivity contribution in [2.75, 3.05) is 6.54 Å². The van der Waals surface area contributed by atoms with Gasteiger partial charge in [-0.2, -0.15) is 0 Å². The van der Waals surface area contributed by atoms with Gasteiger partial charge in [-0.1, -0.05) is 12.5 Å². The van der Waals surface area contributed by atoms with Gasteiger partial charge in [0.2, 0.25) is 0 Å². The summed E-state index contributed by atoms with van der Waals surface area (Å²) in [5, 5.41) is 3.49. The summed E-state index contributed by atoms with van der Waals surface area (Å²) in [4.78, 5) is 14.9. The SMILES string of the molecule is Cc1ccc2[nH]c(=O)n(CC3CCCCN3)c2c1. The van der Waals surface area contributed by atoms with Crippen LogP contribution in [0.15, 0.2) is 23.0 Å². The molecule has 1 aliphatic rings. The smallest absolute Gasteiger partial charge is 0.312 e. The number of hydrogen-bond acceptors (Lipinski definition) is 2. The summed E-state index contributed by atoms with van der Waals surface area (Å²) >= 11 is 0. The van der Waals surface area contributed by atoms with Gasteiger partial charge in [0.1, 0.15) is 0 Å². The Hall–Kier alpha value is -1.55. The minimum atomic E-state index is 0.00275. The molecule has 1 aromatic heterocycles. The lowest BCUT2D eigenvalue weighted by Gasteiger charge is -2.23. The second kappa shape index (κ2) is 4.61.